The Kier molecular flexibility index (Phi) is 4.24. The number of rotatable bonds is 3. The Hall–Kier alpha value is -2.30. The van der Waals surface area contributed by atoms with Gasteiger partial charge in [-0.25, -0.2) is 4.98 Å². The van der Waals surface area contributed by atoms with Crippen LogP contribution in [-0.4, -0.2) is 26.8 Å². The average molecular weight is 339 g/mol. The average Bonchev–Trinajstić information content (AvgIpc) is 2.94. The second kappa shape index (κ2) is 6.54. The van der Waals surface area contributed by atoms with Crippen LogP contribution in [0.15, 0.2) is 24.4 Å². The van der Waals surface area contributed by atoms with Crippen molar-refractivity contribution in [3.05, 3.63) is 58.4 Å². The summed E-state index contributed by atoms with van der Waals surface area (Å²) in [6, 6.07) is 5.43. The molecule has 2 aromatic heterocycles. The summed E-state index contributed by atoms with van der Waals surface area (Å²) < 4.78 is 13.0. The first-order chi connectivity index (χ1) is 12.1. The van der Waals surface area contributed by atoms with Gasteiger partial charge in [-0.2, -0.15) is 4.39 Å². The monoisotopic (exact) mass is 339 g/mol. The molecule has 0 aromatic carbocycles. The molecule has 0 spiro atoms. The van der Waals surface area contributed by atoms with Crippen LogP contribution in [0.25, 0.3) is 0 Å². The molecular formula is C20H22FN3O. The predicted molar refractivity (Wildman–Crippen MR) is 92.7 cm³/mol. The molecule has 25 heavy (non-hydrogen) atoms. The fraction of sp³-hybridized carbons (Fsp3) is 0.450. The van der Waals surface area contributed by atoms with Crippen molar-refractivity contribution in [1.29, 1.82) is 0 Å². The van der Waals surface area contributed by atoms with Crippen LogP contribution in [0.1, 0.15) is 65.0 Å². The van der Waals surface area contributed by atoms with Crippen LogP contribution < -0.4 is 0 Å². The minimum Gasteiger partial charge on any atom is -0.330 e. The van der Waals surface area contributed by atoms with Crippen LogP contribution in [0.2, 0.25) is 0 Å². The van der Waals surface area contributed by atoms with Gasteiger partial charge in [-0.3, -0.25) is 9.78 Å². The zero-order valence-corrected chi connectivity index (χ0v) is 14.5. The third kappa shape index (κ3) is 3.15. The fourth-order valence-electron chi connectivity index (χ4n) is 3.99. The Morgan fingerprint density at radius 1 is 1.24 bits per heavy atom. The summed E-state index contributed by atoms with van der Waals surface area (Å²) in [5.74, 6) is -0.362. The molecule has 1 amide bonds. The number of carbonyl (C=O) groups excluding carboxylic acids is 1. The van der Waals surface area contributed by atoms with Gasteiger partial charge in [0.1, 0.15) is 0 Å². The molecule has 0 radical (unpaired) electrons. The minimum atomic E-state index is -0.481. The number of nitrogens with zero attached hydrogens (tertiary/aromatic N) is 3. The summed E-state index contributed by atoms with van der Waals surface area (Å²) in [4.78, 5) is 23.3. The molecular weight excluding hydrogens is 317 g/mol. The lowest BCUT2D eigenvalue weighted by Gasteiger charge is -2.30. The molecule has 130 valence electrons. The number of hydrogen-bond acceptors (Lipinski definition) is 3. The Morgan fingerprint density at radius 3 is 2.76 bits per heavy atom. The highest BCUT2D eigenvalue weighted by atomic mass is 19.1. The number of carbonyl (C=O) groups is 1. The Morgan fingerprint density at radius 2 is 2.04 bits per heavy atom. The van der Waals surface area contributed by atoms with E-state index in [9.17, 15) is 9.18 Å². The van der Waals surface area contributed by atoms with Crippen molar-refractivity contribution >= 4 is 5.91 Å². The first-order valence-corrected chi connectivity index (χ1v) is 9.02. The number of halogens is 1. The first-order valence-electron chi connectivity index (χ1n) is 9.02. The van der Waals surface area contributed by atoms with E-state index in [2.05, 4.69) is 4.98 Å². The van der Waals surface area contributed by atoms with E-state index in [1.54, 1.807) is 6.07 Å². The molecule has 1 saturated carbocycles. The third-order valence-corrected chi connectivity index (χ3v) is 5.41. The van der Waals surface area contributed by atoms with Crippen LogP contribution in [0, 0.1) is 12.9 Å². The van der Waals surface area contributed by atoms with Crippen LogP contribution >= 0.6 is 0 Å². The van der Waals surface area contributed by atoms with Crippen molar-refractivity contribution in [1.82, 2.24) is 14.9 Å². The van der Waals surface area contributed by atoms with E-state index in [1.165, 1.54) is 31.5 Å². The van der Waals surface area contributed by atoms with E-state index in [4.69, 9.17) is 4.98 Å². The highest BCUT2D eigenvalue weighted by molar-refractivity contribution is 5.98. The van der Waals surface area contributed by atoms with Gasteiger partial charge in [0.05, 0.1) is 17.8 Å². The lowest BCUT2D eigenvalue weighted by Crippen LogP contribution is -2.36. The third-order valence-electron chi connectivity index (χ3n) is 5.41. The zero-order valence-electron chi connectivity index (χ0n) is 14.5. The Labute approximate surface area is 147 Å². The fourth-order valence-corrected chi connectivity index (χ4v) is 3.99. The van der Waals surface area contributed by atoms with Crippen LogP contribution in [0.5, 0.6) is 0 Å². The van der Waals surface area contributed by atoms with Gasteiger partial charge in [0.15, 0.2) is 0 Å². The standard InChI is InChI=1S/C20H22FN3O/c1-13-15(9-14-7-8-19(21)22-11-14)10-17-18(23-13)12-24(20(17)25)16-5-3-2-4-6-16/h7-8,10-11,16H,2-6,9,12H2,1H3. The summed E-state index contributed by atoms with van der Waals surface area (Å²) in [7, 11) is 0. The van der Waals surface area contributed by atoms with Crippen LogP contribution in [-0.2, 0) is 13.0 Å². The molecule has 0 saturated heterocycles. The van der Waals surface area contributed by atoms with Crippen molar-refractivity contribution in [3.8, 4) is 0 Å². The number of aromatic nitrogens is 2. The van der Waals surface area contributed by atoms with E-state index < -0.39 is 5.95 Å². The van der Waals surface area contributed by atoms with Crippen molar-refractivity contribution < 1.29 is 9.18 Å². The van der Waals surface area contributed by atoms with E-state index in [0.717, 1.165) is 40.9 Å². The summed E-state index contributed by atoms with van der Waals surface area (Å²) in [5.41, 5.74) is 4.49. The van der Waals surface area contributed by atoms with E-state index in [1.807, 2.05) is 17.9 Å². The Bertz CT molecular complexity index is 797. The quantitative estimate of drug-likeness (QED) is 0.799. The maximum atomic E-state index is 13.0. The zero-order chi connectivity index (χ0) is 17.4. The molecule has 4 rings (SSSR count). The second-order valence-electron chi connectivity index (χ2n) is 7.12. The maximum Gasteiger partial charge on any atom is 0.256 e. The topological polar surface area (TPSA) is 46.1 Å². The molecule has 4 nitrogen and oxygen atoms in total. The van der Waals surface area contributed by atoms with Gasteiger partial charge < -0.3 is 4.90 Å². The smallest absolute Gasteiger partial charge is 0.256 e. The van der Waals surface area contributed by atoms with E-state index in [-0.39, 0.29) is 5.91 Å². The van der Waals surface area contributed by atoms with Crippen LogP contribution in [0.4, 0.5) is 4.39 Å². The number of fused-ring (bicyclic) bond motifs is 1. The van der Waals surface area contributed by atoms with E-state index in [0.29, 0.717) is 19.0 Å². The van der Waals surface area contributed by atoms with Crippen molar-refractivity contribution in [2.45, 2.75) is 58.0 Å². The summed E-state index contributed by atoms with van der Waals surface area (Å²) in [5, 5.41) is 0. The number of amides is 1. The number of aryl methyl sites for hydroxylation is 1. The lowest BCUT2D eigenvalue weighted by atomic mass is 9.94. The highest BCUT2D eigenvalue weighted by Crippen LogP contribution is 2.31. The van der Waals surface area contributed by atoms with Gasteiger partial charge in [0.25, 0.3) is 5.91 Å². The molecule has 0 unspecified atom stereocenters. The van der Waals surface area contributed by atoms with Crippen LogP contribution in [0.3, 0.4) is 0 Å². The SMILES string of the molecule is Cc1nc2c(cc1Cc1ccc(F)nc1)C(=O)N(C1CCCCC1)C2. The summed E-state index contributed by atoms with van der Waals surface area (Å²) in [6.07, 6.45) is 8.05. The molecule has 1 aliphatic heterocycles. The second-order valence-corrected chi connectivity index (χ2v) is 7.12. The number of hydrogen-bond donors (Lipinski definition) is 0. The molecule has 2 aliphatic rings. The van der Waals surface area contributed by atoms with Gasteiger partial charge in [-0.1, -0.05) is 25.3 Å². The molecule has 5 heteroatoms. The highest BCUT2D eigenvalue weighted by Gasteiger charge is 2.34. The van der Waals surface area contributed by atoms with E-state index >= 15 is 0 Å². The molecule has 0 bridgehead atoms. The Balaban J connectivity index is 1.59. The normalized spacial score (nSPS) is 17.8. The molecule has 3 heterocycles. The maximum absolute atomic E-state index is 13.0. The first kappa shape index (κ1) is 16.2. The minimum absolute atomic E-state index is 0.118. The molecule has 1 fully saturated rings. The van der Waals surface area contributed by atoms with Crippen molar-refractivity contribution in [2.24, 2.45) is 0 Å². The summed E-state index contributed by atoms with van der Waals surface area (Å²) >= 11 is 0. The van der Waals surface area contributed by atoms with Gasteiger partial charge in [0.2, 0.25) is 5.95 Å². The van der Waals surface area contributed by atoms with Crippen molar-refractivity contribution in [2.75, 3.05) is 0 Å². The molecule has 1 aliphatic carbocycles. The molecule has 0 N–H and O–H groups in total. The van der Waals surface area contributed by atoms with Gasteiger partial charge in [-0.15, -0.1) is 0 Å². The predicted octanol–water partition coefficient (Wildman–Crippen LogP) is 3.80. The largest absolute Gasteiger partial charge is 0.330 e. The number of pyridine rings is 2. The lowest BCUT2D eigenvalue weighted by molar-refractivity contribution is 0.0659. The summed E-state index contributed by atoms with van der Waals surface area (Å²) in [6.45, 7) is 2.61. The molecule has 0 atom stereocenters. The van der Waals surface area contributed by atoms with Gasteiger partial charge in [0, 0.05) is 24.4 Å². The molecule has 2 aromatic rings. The van der Waals surface area contributed by atoms with Gasteiger partial charge >= 0.3 is 0 Å². The van der Waals surface area contributed by atoms with Gasteiger partial charge in [-0.05, 0) is 43.0 Å². The van der Waals surface area contributed by atoms with Crippen molar-refractivity contribution in [3.63, 3.8) is 0 Å².